The van der Waals surface area contributed by atoms with Gasteiger partial charge in [0.25, 0.3) is 0 Å². The van der Waals surface area contributed by atoms with Crippen molar-refractivity contribution >= 4 is 27.0 Å². The summed E-state index contributed by atoms with van der Waals surface area (Å²) in [6.07, 6.45) is 4.00. The summed E-state index contributed by atoms with van der Waals surface area (Å²) in [6.45, 7) is 6.99. The molecule has 31 heavy (non-hydrogen) atoms. The maximum atomic E-state index is 12.8. The van der Waals surface area contributed by atoms with Gasteiger partial charge < -0.3 is 14.2 Å². The molecule has 1 atom stereocenters. The van der Waals surface area contributed by atoms with E-state index in [0.717, 1.165) is 43.8 Å². The van der Waals surface area contributed by atoms with Crippen LogP contribution in [0.3, 0.4) is 0 Å². The lowest BCUT2D eigenvalue weighted by molar-refractivity contribution is -0.135. The fourth-order valence-corrected chi connectivity index (χ4v) is 4.96. The second-order valence-corrected chi connectivity index (χ2v) is 10.3. The molecular weight excluding hydrogens is 416 g/mol. The van der Waals surface area contributed by atoms with E-state index in [2.05, 4.69) is 16.5 Å². The Kier molecular flexibility index (Phi) is 7.72. The third-order valence-corrected chi connectivity index (χ3v) is 7.56. The number of aromatic nitrogens is 2. The van der Waals surface area contributed by atoms with Crippen LogP contribution in [-0.2, 0) is 32.5 Å². The number of fused-ring (bicyclic) bond motifs is 1. The van der Waals surface area contributed by atoms with E-state index < -0.39 is 10.0 Å². The summed E-state index contributed by atoms with van der Waals surface area (Å²) < 4.78 is 34.0. The molecule has 0 aliphatic carbocycles. The fourth-order valence-electron chi connectivity index (χ4n) is 4.04. The topological polar surface area (TPSA) is 84.7 Å². The van der Waals surface area contributed by atoms with Crippen LogP contribution in [0, 0.1) is 0 Å². The average Bonchev–Trinajstić information content (AvgIpc) is 3.12. The van der Waals surface area contributed by atoms with Gasteiger partial charge in [-0.3, -0.25) is 4.79 Å². The highest BCUT2D eigenvalue weighted by atomic mass is 32.2. The Morgan fingerprint density at radius 2 is 2.06 bits per heavy atom. The van der Waals surface area contributed by atoms with Gasteiger partial charge in [-0.15, -0.1) is 0 Å². The van der Waals surface area contributed by atoms with E-state index in [1.807, 2.05) is 11.8 Å². The van der Waals surface area contributed by atoms with Crippen molar-refractivity contribution in [3.05, 3.63) is 24.0 Å². The first-order chi connectivity index (χ1) is 14.8. The maximum Gasteiger partial charge on any atom is 0.242 e. The summed E-state index contributed by atoms with van der Waals surface area (Å²) in [5, 5.41) is 0. The standard InChI is InChI=1S/C22H34N4O4S/c1-5-14-30-17-8-7-13-25(16-17)22(27)12-11-21-23-19-15-18(31(28,29)24(3)4)9-10-20(19)26(21)6-2/h9-10,15,17H,5-8,11-14,16H2,1-4H3. The number of sulfonamides is 1. The van der Waals surface area contributed by atoms with Gasteiger partial charge in [0.1, 0.15) is 5.82 Å². The molecule has 2 heterocycles. The van der Waals surface area contributed by atoms with Gasteiger partial charge in [-0.05, 0) is 44.4 Å². The molecule has 172 valence electrons. The minimum atomic E-state index is -3.52. The molecule has 0 radical (unpaired) electrons. The van der Waals surface area contributed by atoms with Gasteiger partial charge in [0.2, 0.25) is 15.9 Å². The van der Waals surface area contributed by atoms with Crippen molar-refractivity contribution in [2.45, 2.75) is 63.5 Å². The van der Waals surface area contributed by atoms with Crippen LogP contribution in [0.1, 0.15) is 45.4 Å². The number of piperidine rings is 1. The van der Waals surface area contributed by atoms with Crippen molar-refractivity contribution in [3.8, 4) is 0 Å². The van der Waals surface area contributed by atoms with E-state index in [9.17, 15) is 13.2 Å². The third kappa shape index (κ3) is 5.27. The van der Waals surface area contributed by atoms with Gasteiger partial charge in [0.05, 0.1) is 22.0 Å². The van der Waals surface area contributed by atoms with Crippen LogP contribution in [0.5, 0.6) is 0 Å². The molecular formula is C22H34N4O4S. The number of carbonyl (C=O) groups is 1. The first-order valence-electron chi connectivity index (χ1n) is 11.1. The summed E-state index contributed by atoms with van der Waals surface area (Å²) in [4.78, 5) is 19.6. The molecule has 1 unspecified atom stereocenters. The van der Waals surface area contributed by atoms with E-state index >= 15 is 0 Å². The lowest BCUT2D eigenvalue weighted by Crippen LogP contribution is -2.43. The van der Waals surface area contributed by atoms with Crippen LogP contribution in [0.2, 0.25) is 0 Å². The molecule has 3 rings (SSSR count). The van der Waals surface area contributed by atoms with Crippen LogP contribution in [0.4, 0.5) is 0 Å². The smallest absolute Gasteiger partial charge is 0.242 e. The number of nitrogens with zero attached hydrogens (tertiary/aromatic N) is 4. The predicted octanol–water partition coefficient (Wildman–Crippen LogP) is 2.66. The number of rotatable bonds is 9. The van der Waals surface area contributed by atoms with Gasteiger partial charge >= 0.3 is 0 Å². The SMILES string of the molecule is CCCOC1CCCN(C(=O)CCc2nc3cc(S(=O)(=O)N(C)C)ccc3n2CC)C1. The maximum absolute atomic E-state index is 12.8. The summed E-state index contributed by atoms with van der Waals surface area (Å²) in [7, 11) is -0.492. The molecule has 1 saturated heterocycles. The number of ether oxygens (including phenoxy) is 1. The number of likely N-dealkylation sites (tertiary alicyclic amines) is 1. The van der Waals surface area contributed by atoms with Crippen LogP contribution >= 0.6 is 0 Å². The van der Waals surface area contributed by atoms with Crippen molar-refractivity contribution in [2.75, 3.05) is 33.8 Å². The highest BCUT2D eigenvalue weighted by molar-refractivity contribution is 7.89. The molecule has 1 aromatic heterocycles. The number of hydrogen-bond donors (Lipinski definition) is 0. The number of aryl methyl sites for hydroxylation is 2. The van der Waals surface area contributed by atoms with Crippen LogP contribution in [0.25, 0.3) is 11.0 Å². The molecule has 0 N–H and O–H groups in total. The number of hydrogen-bond acceptors (Lipinski definition) is 5. The molecule has 1 aliphatic heterocycles. The van der Waals surface area contributed by atoms with Gasteiger partial charge in [-0.2, -0.15) is 0 Å². The molecule has 9 heteroatoms. The van der Waals surface area contributed by atoms with Crippen molar-refractivity contribution in [1.82, 2.24) is 18.8 Å². The van der Waals surface area contributed by atoms with Gasteiger partial charge in [-0.25, -0.2) is 17.7 Å². The first-order valence-corrected chi connectivity index (χ1v) is 12.5. The Hall–Kier alpha value is -1.97. The summed E-state index contributed by atoms with van der Waals surface area (Å²) in [6, 6.07) is 5.03. The normalized spacial score (nSPS) is 17.6. The van der Waals surface area contributed by atoms with E-state index in [4.69, 9.17) is 4.74 Å². The quantitative estimate of drug-likeness (QED) is 0.586. The summed E-state index contributed by atoms with van der Waals surface area (Å²) in [5.41, 5.74) is 1.52. The van der Waals surface area contributed by atoms with Crippen molar-refractivity contribution in [2.24, 2.45) is 0 Å². The van der Waals surface area contributed by atoms with Crippen LogP contribution < -0.4 is 0 Å². The first kappa shape index (κ1) is 23.7. The molecule has 2 aromatic rings. The Morgan fingerprint density at radius 3 is 2.74 bits per heavy atom. The average molecular weight is 451 g/mol. The van der Waals surface area contributed by atoms with Gasteiger partial charge in [0, 0.05) is 53.2 Å². The minimum Gasteiger partial charge on any atom is -0.376 e. The molecule has 8 nitrogen and oxygen atoms in total. The number of amides is 1. The third-order valence-electron chi connectivity index (χ3n) is 5.74. The molecule has 0 bridgehead atoms. The van der Waals surface area contributed by atoms with E-state index in [1.165, 1.54) is 18.4 Å². The Balaban J connectivity index is 1.73. The van der Waals surface area contributed by atoms with Crippen molar-refractivity contribution in [3.63, 3.8) is 0 Å². The van der Waals surface area contributed by atoms with E-state index in [0.29, 0.717) is 31.4 Å². The van der Waals surface area contributed by atoms with Crippen molar-refractivity contribution in [1.29, 1.82) is 0 Å². The molecule has 0 saturated carbocycles. The van der Waals surface area contributed by atoms with Gasteiger partial charge in [0.15, 0.2) is 0 Å². The zero-order chi connectivity index (χ0) is 22.6. The summed E-state index contributed by atoms with van der Waals surface area (Å²) in [5.74, 6) is 0.927. The van der Waals surface area contributed by atoms with Gasteiger partial charge in [-0.1, -0.05) is 6.92 Å². The lowest BCUT2D eigenvalue weighted by Gasteiger charge is -2.32. The monoisotopic (exact) mass is 450 g/mol. The largest absolute Gasteiger partial charge is 0.376 e. The molecule has 1 fully saturated rings. The van der Waals surface area contributed by atoms with Crippen LogP contribution in [-0.4, -0.2) is 73.0 Å². The molecule has 1 aliphatic rings. The Morgan fingerprint density at radius 1 is 1.29 bits per heavy atom. The zero-order valence-electron chi connectivity index (χ0n) is 19.0. The lowest BCUT2D eigenvalue weighted by atomic mass is 10.1. The second kappa shape index (κ2) is 10.1. The van der Waals surface area contributed by atoms with Crippen molar-refractivity contribution < 1.29 is 17.9 Å². The number of imidazole rings is 1. The number of carbonyl (C=O) groups excluding carboxylic acids is 1. The van der Waals surface area contributed by atoms with E-state index in [-0.39, 0.29) is 16.9 Å². The number of benzene rings is 1. The Bertz CT molecular complexity index is 1020. The fraction of sp³-hybridized carbons (Fsp3) is 0.636. The molecule has 1 amide bonds. The predicted molar refractivity (Wildman–Crippen MR) is 120 cm³/mol. The second-order valence-electron chi connectivity index (χ2n) is 8.19. The molecule has 0 spiro atoms. The summed E-state index contributed by atoms with van der Waals surface area (Å²) >= 11 is 0. The van der Waals surface area contributed by atoms with Crippen LogP contribution in [0.15, 0.2) is 23.1 Å². The minimum absolute atomic E-state index is 0.121. The molecule has 1 aromatic carbocycles. The highest BCUT2D eigenvalue weighted by Crippen LogP contribution is 2.23. The zero-order valence-corrected chi connectivity index (χ0v) is 19.8. The highest BCUT2D eigenvalue weighted by Gasteiger charge is 2.25. The van der Waals surface area contributed by atoms with E-state index in [1.54, 1.807) is 18.2 Å². The Labute approximate surface area is 185 Å².